The Morgan fingerprint density at radius 3 is 2.44 bits per heavy atom. The molecular weight excluding hydrogens is 112 g/mol. The molecule has 1 atom stereocenters. The van der Waals surface area contributed by atoms with E-state index in [1.165, 1.54) is 0 Å². The minimum Gasteiger partial charge on any atom is -0.327 e. The van der Waals surface area contributed by atoms with Crippen LogP contribution in [0.15, 0.2) is 0 Å². The van der Waals surface area contributed by atoms with E-state index in [1.54, 1.807) is 0 Å². The second-order valence-corrected chi connectivity index (χ2v) is 2.75. The van der Waals surface area contributed by atoms with Crippen molar-refractivity contribution in [2.75, 3.05) is 0 Å². The molecule has 0 rings (SSSR count). The molecule has 2 N–H and O–H groups in total. The van der Waals surface area contributed by atoms with Crippen molar-refractivity contribution in [1.82, 2.24) is 0 Å². The van der Waals surface area contributed by atoms with Gasteiger partial charge in [-0.2, -0.15) is 5.26 Å². The second-order valence-electron chi connectivity index (χ2n) is 2.75. The van der Waals surface area contributed by atoms with Gasteiger partial charge in [-0.15, -0.1) is 0 Å². The fourth-order valence-corrected chi connectivity index (χ4v) is 0.806. The lowest BCUT2D eigenvalue weighted by Gasteiger charge is -2.08. The first-order valence-electron chi connectivity index (χ1n) is 3.29. The summed E-state index contributed by atoms with van der Waals surface area (Å²) in [6, 6.07) is 2.13. The van der Waals surface area contributed by atoms with Crippen molar-refractivity contribution in [3.63, 3.8) is 0 Å². The van der Waals surface area contributed by atoms with Crippen molar-refractivity contribution in [3.05, 3.63) is 0 Å². The minimum atomic E-state index is 0.0787. The molecule has 0 aromatic heterocycles. The van der Waals surface area contributed by atoms with E-state index >= 15 is 0 Å². The fraction of sp³-hybridized carbons (Fsp3) is 0.857. The maximum absolute atomic E-state index is 8.22. The summed E-state index contributed by atoms with van der Waals surface area (Å²) in [4.78, 5) is 0. The van der Waals surface area contributed by atoms with Crippen LogP contribution in [-0.4, -0.2) is 6.04 Å². The molecule has 0 aliphatic heterocycles. The molecule has 0 aromatic carbocycles. The quantitative estimate of drug-likeness (QED) is 0.619. The maximum Gasteiger partial charge on any atom is 0.0638 e. The number of nitriles is 1. The summed E-state index contributed by atoms with van der Waals surface area (Å²) < 4.78 is 0. The molecule has 0 aliphatic carbocycles. The lowest BCUT2D eigenvalue weighted by atomic mass is 10.0. The first-order chi connectivity index (χ1) is 4.16. The molecule has 0 saturated carbocycles. The minimum absolute atomic E-state index is 0.0787. The molecule has 0 fully saturated rings. The molecule has 52 valence electrons. The average molecular weight is 126 g/mol. The number of hydrogen-bond acceptors (Lipinski definition) is 2. The van der Waals surface area contributed by atoms with Crippen molar-refractivity contribution < 1.29 is 0 Å². The highest BCUT2D eigenvalue weighted by atomic mass is 14.6. The molecule has 0 aromatic rings. The van der Waals surface area contributed by atoms with Gasteiger partial charge in [-0.3, -0.25) is 0 Å². The zero-order chi connectivity index (χ0) is 7.28. The van der Waals surface area contributed by atoms with Gasteiger partial charge in [-0.1, -0.05) is 13.8 Å². The van der Waals surface area contributed by atoms with Gasteiger partial charge in [-0.05, 0) is 12.3 Å². The third kappa shape index (κ3) is 5.32. The standard InChI is InChI=1S/C7H14N2/c1-6(2)5-7(9)3-4-8/h6-7H,3,5,9H2,1-2H3. The lowest BCUT2D eigenvalue weighted by Crippen LogP contribution is -2.20. The van der Waals surface area contributed by atoms with Crippen LogP contribution in [0.1, 0.15) is 26.7 Å². The Labute approximate surface area is 56.7 Å². The Bertz CT molecular complexity index is 102. The van der Waals surface area contributed by atoms with E-state index in [0.29, 0.717) is 12.3 Å². The van der Waals surface area contributed by atoms with E-state index in [0.717, 1.165) is 6.42 Å². The molecule has 0 radical (unpaired) electrons. The van der Waals surface area contributed by atoms with Gasteiger partial charge >= 0.3 is 0 Å². The highest BCUT2D eigenvalue weighted by molar-refractivity contribution is 4.78. The molecule has 2 nitrogen and oxygen atoms in total. The van der Waals surface area contributed by atoms with Gasteiger partial charge in [0.05, 0.1) is 12.5 Å². The molecule has 0 bridgehead atoms. The van der Waals surface area contributed by atoms with Gasteiger partial charge in [0.1, 0.15) is 0 Å². The Kier molecular flexibility index (Phi) is 4.08. The molecule has 0 spiro atoms. The largest absolute Gasteiger partial charge is 0.327 e. The van der Waals surface area contributed by atoms with E-state index in [1.807, 2.05) is 6.07 Å². The topological polar surface area (TPSA) is 49.8 Å². The van der Waals surface area contributed by atoms with Gasteiger partial charge in [0, 0.05) is 6.04 Å². The summed E-state index contributed by atoms with van der Waals surface area (Å²) in [5.41, 5.74) is 5.56. The third-order valence-electron chi connectivity index (χ3n) is 1.13. The molecule has 1 unspecified atom stereocenters. The SMILES string of the molecule is CC(C)CC(N)CC#N. The molecule has 0 saturated heterocycles. The van der Waals surface area contributed by atoms with Crippen molar-refractivity contribution >= 4 is 0 Å². The Morgan fingerprint density at radius 1 is 1.56 bits per heavy atom. The smallest absolute Gasteiger partial charge is 0.0638 e. The van der Waals surface area contributed by atoms with Crippen molar-refractivity contribution in [2.24, 2.45) is 11.7 Å². The normalized spacial score (nSPS) is 13.2. The van der Waals surface area contributed by atoms with Crippen LogP contribution in [0.4, 0.5) is 0 Å². The van der Waals surface area contributed by atoms with Gasteiger partial charge < -0.3 is 5.73 Å². The Morgan fingerprint density at radius 2 is 2.11 bits per heavy atom. The average Bonchev–Trinajstić information content (AvgIpc) is 1.63. The van der Waals surface area contributed by atoms with Gasteiger partial charge in [0.2, 0.25) is 0 Å². The highest BCUT2D eigenvalue weighted by Gasteiger charge is 2.02. The molecule has 0 amide bonds. The predicted molar refractivity (Wildman–Crippen MR) is 37.7 cm³/mol. The van der Waals surface area contributed by atoms with Crippen LogP contribution in [-0.2, 0) is 0 Å². The van der Waals surface area contributed by atoms with Crippen LogP contribution in [0, 0.1) is 17.2 Å². The monoisotopic (exact) mass is 126 g/mol. The Hall–Kier alpha value is -0.550. The van der Waals surface area contributed by atoms with E-state index in [4.69, 9.17) is 11.0 Å². The van der Waals surface area contributed by atoms with Crippen LogP contribution in [0.25, 0.3) is 0 Å². The molecular formula is C7H14N2. The van der Waals surface area contributed by atoms with Crippen LogP contribution in [0.2, 0.25) is 0 Å². The summed E-state index contributed by atoms with van der Waals surface area (Å²) >= 11 is 0. The highest BCUT2D eigenvalue weighted by Crippen LogP contribution is 2.03. The van der Waals surface area contributed by atoms with Crippen molar-refractivity contribution in [3.8, 4) is 6.07 Å². The zero-order valence-electron chi connectivity index (χ0n) is 6.09. The number of nitrogens with zero attached hydrogens (tertiary/aromatic N) is 1. The summed E-state index contributed by atoms with van der Waals surface area (Å²) in [5.74, 6) is 0.605. The van der Waals surface area contributed by atoms with Crippen LogP contribution >= 0.6 is 0 Å². The molecule has 0 aliphatic rings. The van der Waals surface area contributed by atoms with E-state index < -0.39 is 0 Å². The maximum atomic E-state index is 8.22. The second kappa shape index (κ2) is 4.34. The van der Waals surface area contributed by atoms with E-state index in [-0.39, 0.29) is 6.04 Å². The Balaban J connectivity index is 3.29. The van der Waals surface area contributed by atoms with E-state index in [2.05, 4.69) is 13.8 Å². The van der Waals surface area contributed by atoms with Crippen LogP contribution < -0.4 is 5.73 Å². The van der Waals surface area contributed by atoms with Crippen LogP contribution in [0.3, 0.4) is 0 Å². The molecule has 9 heavy (non-hydrogen) atoms. The molecule has 0 heterocycles. The zero-order valence-corrected chi connectivity index (χ0v) is 6.09. The van der Waals surface area contributed by atoms with Crippen molar-refractivity contribution in [2.45, 2.75) is 32.7 Å². The fourth-order valence-electron chi connectivity index (χ4n) is 0.806. The summed E-state index contributed by atoms with van der Waals surface area (Å²) in [7, 11) is 0. The molecule has 2 heteroatoms. The number of nitrogens with two attached hydrogens (primary N) is 1. The van der Waals surface area contributed by atoms with Gasteiger partial charge in [-0.25, -0.2) is 0 Å². The lowest BCUT2D eigenvalue weighted by molar-refractivity contribution is 0.501. The van der Waals surface area contributed by atoms with Gasteiger partial charge in [0.25, 0.3) is 0 Å². The summed E-state index contributed by atoms with van der Waals surface area (Å²) in [6.07, 6.45) is 1.44. The third-order valence-corrected chi connectivity index (χ3v) is 1.13. The summed E-state index contributed by atoms with van der Waals surface area (Å²) in [6.45, 7) is 4.22. The van der Waals surface area contributed by atoms with E-state index in [9.17, 15) is 0 Å². The number of rotatable bonds is 3. The first-order valence-corrected chi connectivity index (χ1v) is 3.29. The van der Waals surface area contributed by atoms with Crippen molar-refractivity contribution in [1.29, 1.82) is 5.26 Å². The number of hydrogen-bond donors (Lipinski definition) is 1. The first kappa shape index (κ1) is 8.45. The predicted octanol–water partition coefficient (Wildman–Crippen LogP) is 1.27. The van der Waals surface area contributed by atoms with Gasteiger partial charge in [0.15, 0.2) is 0 Å². The van der Waals surface area contributed by atoms with Crippen LogP contribution in [0.5, 0.6) is 0 Å². The summed E-state index contributed by atoms with van der Waals surface area (Å²) in [5, 5.41) is 8.22.